The maximum absolute atomic E-state index is 12.4. The van der Waals surface area contributed by atoms with Crippen molar-refractivity contribution < 1.29 is 11.0 Å². The summed E-state index contributed by atoms with van der Waals surface area (Å²) < 4.78 is 5.52. The highest BCUT2D eigenvalue weighted by Gasteiger charge is 2.33. The molecule has 0 bridgehead atoms. The molecule has 26 heavy (non-hydrogen) atoms. The molecule has 0 unspecified atom stereocenters. The lowest BCUT2D eigenvalue weighted by Crippen LogP contribution is -2.54. The third-order valence-electron chi connectivity index (χ3n) is 5.05. The maximum Gasteiger partial charge on any atom is 0.410 e. The van der Waals surface area contributed by atoms with Crippen LogP contribution in [0.4, 0.5) is 10.6 Å². The normalized spacial score (nSPS) is 21.3. The van der Waals surface area contributed by atoms with Crippen LogP contribution in [0.2, 0.25) is 0 Å². The largest absolute Gasteiger partial charge is 0.444 e. The second-order valence-electron chi connectivity index (χ2n) is 8.41. The summed E-state index contributed by atoms with van der Waals surface area (Å²) in [5, 5.41) is 1.15. The molecular formula is C19H29N5O2. The van der Waals surface area contributed by atoms with Crippen LogP contribution in [-0.2, 0) is 4.74 Å². The summed E-state index contributed by atoms with van der Waals surface area (Å²) in [6.45, 7) is 9.82. The molecule has 1 atom stereocenters. The van der Waals surface area contributed by atoms with Crippen molar-refractivity contribution in [2.45, 2.75) is 58.1 Å². The van der Waals surface area contributed by atoms with Crippen molar-refractivity contribution in [3.8, 4) is 0 Å². The van der Waals surface area contributed by atoms with E-state index in [9.17, 15) is 4.79 Å². The quantitative estimate of drug-likeness (QED) is 0.888. The fraction of sp³-hybridized carbons (Fsp3) is 0.632. The van der Waals surface area contributed by atoms with E-state index >= 15 is 0 Å². The van der Waals surface area contributed by atoms with E-state index in [1.54, 1.807) is 11.2 Å². The van der Waals surface area contributed by atoms with Crippen LogP contribution >= 0.6 is 0 Å². The number of hydrogen-bond acceptors (Lipinski definition) is 5. The van der Waals surface area contributed by atoms with Crippen LogP contribution in [0.5, 0.6) is 0 Å². The highest BCUT2D eigenvalue weighted by Crippen LogP contribution is 2.45. The van der Waals surface area contributed by atoms with Gasteiger partial charge in [-0.05, 0) is 52.0 Å². The third kappa shape index (κ3) is 3.22. The average molecular weight is 359 g/mol. The molecule has 142 valence electrons. The molecule has 1 saturated carbocycles. The van der Waals surface area contributed by atoms with E-state index in [2.05, 4.69) is 33.0 Å². The molecular weight excluding hydrogens is 330 g/mol. The summed E-state index contributed by atoms with van der Waals surface area (Å²) in [7, 11) is 0. The Labute approximate surface area is 155 Å². The first-order valence-corrected chi connectivity index (χ1v) is 9.40. The van der Waals surface area contributed by atoms with Crippen LogP contribution in [0.25, 0.3) is 11.0 Å². The zero-order valence-corrected chi connectivity index (χ0v) is 16.0. The molecule has 1 aliphatic heterocycles. The second-order valence-corrected chi connectivity index (χ2v) is 8.41. The number of H-pyrrole nitrogens is 1. The molecule has 2 aliphatic rings. The number of fused-ring (bicyclic) bond motifs is 1. The van der Waals surface area contributed by atoms with Gasteiger partial charge in [0.1, 0.15) is 23.4 Å². The van der Waals surface area contributed by atoms with Gasteiger partial charge in [-0.25, -0.2) is 14.8 Å². The van der Waals surface area contributed by atoms with E-state index in [1.165, 1.54) is 18.4 Å². The highest BCUT2D eigenvalue weighted by atomic mass is 16.6. The van der Waals surface area contributed by atoms with Crippen molar-refractivity contribution in [1.82, 2.24) is 19.9 Å². The summed E-state index contributed by atoms with van der Waals surface area (Å²) in [6, 6.07) is 0.163. The first-order valence-electron chi connectivity index (χ1n) is 9.40. The number of aromatic amines is 1. The summed E-state index contributed by atoms with van der Waals surface area (Å²) >= 11 is 0. The van der Waals surface area contributed by atoms with E-state index in [0.29, 0.717) is 19.0 Å². The Hall–Kier alpha value is -2.31. The van der Waals surface area contributed by atoms with Gasteiger partial charge in [-0.1, -0.05) is 0 Å². The van der Waals surface area contributed by atoms with Gasteiger partial charge in [0, 0.05) is 33.3 Å². The number of aromatic nitrogens is 3. The molecule has 3 heterocycles. The van der Waals surface area contributed by atoms with Gasteiger partial charge in [-0.15, -0.1) is 0 Å². The van der Waals surface area contributed by atoms with Crippen molar-refractivity contribution >= 4 is 22.9 Å². The van der Waals surface area contributed by atoms with Gasteiger partial charge in [0.25, 0.3) is 0 Å². The van der Waals surface area contributed by atoms with Gasteiger partial charge in [-0.2, -0.15) is 0 Å². The molecule has 7 nitrogen and oxygen atoms in total. The lowest BCUT2D eigenvalue weighted by molar-refractivity contribution is 0.0218. The maximum atomic E-state index is 12.4. The SMILES string of the molecule is C[C@H]1CN(C(=O)OC(C)(C)C)CCN1c1ncnc2[nH]cc(C3CC3)c12.[HH]. The van der Waals surface area contributed by atoms with Gasteiger partial charge >= 0.3 is 6.09 Å². The van der Waals surface area contributed by atoms with Crippen molar-refractivity contribution in [3.05, 3.63) is 18.1 Å². The fourth-order valence-electron chi connectivity index (χ4n) is 3.67. The molecule has 1 saturated heterocycles. The van der Waals surface area contributed by atoms with Gasteiger partial charge in [0.05, 0.1) is 5.39 Å². The Morgan fingerprint density at radius 3 is 2.73 bits per heavy atom. The van der Waals surface area contributed by atoms with Crippen LogP contribution in [0, 0.1) is 0 Å². The highest BCUT2D eigenvalue weighted by molar-refractivity contribution is 5.91. The van der Waals surface area contributed by atoms with Crippen molar-refractivity contribution in [1.29, 1.82) is 0 Å². The summed E-state index contributed by atoms with van der Waals surface area (Å²) in [6.07, 6.45) is 5.95. The topological polar surface area (TPSA) is 74.3 Å². The summed E-state index contributed by atoms with van der Waals surface area (Å²) in [5.74, 6) is 1.61. The average Bonchev–Trinajstić information content (AvgIpc) is 3.32. The Morgan fingerprint density at radius 1 is 1.31 bits per heavy atom. The molecule has 2 fully saturated rings. The zero-order valence-electron chi connectivity index (χ0n) is 16.0. The van der Waals surface area contributed by atoms with Gasteiger partial charge in [-0.3, -0.25) is 0 Å². The van der Waals surface area contributed by atoms with Crippen LogP contribution < -0.4 is 4.90 Å². The number of carbonyl (C=O) groups is 1. The first-order chi connectivity index (χ1) is 12.3. The molecule has 2 aromatic heterocycles. The Balaban J connectivity index is 0.00000210. The molecule has 1 aliphatic carbocycles. The number of anilines is 1. The zero-order chi connectivity index (χ0) is 18.5. The van der Waals surface area contributed by atoms with Crippen molar-refractivity contribution in [2.24, 2.45) is 0 Å². The van der Waals surface area contributed by atoms with Gasteiger partial charge in [0.15, 0.2) is 0 Å². The monoisotopic (exact) mass is 359 g/mol. The molecule has 1 amide bonds. The minimum absolute atomic E-state index is 0. The molecule has 7 heteroatoms. The Morgan fingerprint density at radius 2 is 2.08 bits per heavy atom. The third-order valence-corrected chi connectivity index (χ3v) is 5.05. The van der Waals surface area contributed by atoms with Gasteiger partial charge < -0.3 is 19.5 Å². The summed E-state index contributed by atoms with van der Waals surface area (Å²) in [4.78, 5) is 28.8. The minimum atomic E-state index is -0.472. The van der Waals surface area contributed by atoms with E-state index in [0.717, 1.165) is 23.4 Å². The number of rotatable bonds is 2. The minimum Gasteiger partial charge on any atom is -0.444 e. The molecule has 4 rings (SSSR count). The Kier molecular flexibility index (Phi) is 4.04. The van der Waals surface area contributed by atoms with Crippen LogP contribution in [0.3, 0.4) is 0 Å². The fourth-order valence-corrected chi connectivity index (χ4v) is 3.67. The smallest absolute Gasteiger partial charge is 0.410 e. The lowest BCUT2D eigenvalue weighted by Gasteiger charge is -2.41. The molecule has 0 radical (unpaired) electrons. The predicted molar refractivity (Wildman–Crippen MR) is 103 cm³/mol. The van der Waals surface area contributed by atoms with Crippen molar-refractivity contribution in [3.63, 3.8) is 0 Å². The standard InChI is InChI=1S/C19H27N5O2.H2/c1-12-10-23(18(25)26-19(2,3)4)7-8-24(12)17-15-14(13-5-6-13)9-20-16(15)21-11-22-17;/h9,11-13H,5-8,10H2,1-4H3,(H,20,21,22);1H/t12-;/m0./s1. The van der Waals surface area contributed by atoms with E-state index < -0.39 is 5.60 Å². The van der Waals surface area contributed by atoms with Crippen LogP contribution in [-0.4, -0.2) is 57.2 Å². The van der Waals surface area contributed by atoms with E-state index in [4.69, 9.17) is 4.74 Å². The number of carbonyl (C=O) groups excluding carboxylic acids is 1. The van der Waals surface area contributed by atoms with Crippen molar-refractivity contribution in [2.75, 3.05) is 24.5 Å². The van der Waals surface area contributed by atoms with Crippen LogP contribution in [0.15, 0.2) is 12.5 Å². The second kappa shape index (κ2) is 6.14. The van der Waals surface area contributed by atoms with Gasteiger partial charge in [0.2, 0.25) is 0 Å². The first kappa shape index (κ1) is 17.1. The number of hydrogen-bond donors (Lipinski definition) is 1. The van der Waals surface area contributed by atoms with E-state index in [-0.39, 0.29) is 13.6 Å². The molecule has 1 N–H and O–H groups in total. The Bertz CT molecular complexity index is 827. The molecule has 0 aromatic carbocycles. The molecule has 0 spiro atoms. The number of ether oxygens (including phenoxy) is 1. The predicted octanol–water partition coefficient (Wildman–Crippen LogP) is 3.53. The number of piperazine rings is 1. The molecule has 2 aromatic rings. The lowest BCUT2D eigenvalue weighted by atomic mass is 10.1. The summed E-state index contributed by atoms with van der Waals surface area (Å²) in [5.41, 5.74) is 1.76. The number of amides is 1. The van der Waals surface area contributed by atoms with E-state index in [1.807, 2.05) is 20.8 Å². The number of nitrogens with one attached hydrogen (secondary N) is 1. The van der Waals surface area contributed by atoms with Crippen LogP contribution in [0.1, 0.15) is 53.4 Å². The number of nitrogens with zero attached hydrogens (tertiary/aromatic N) is 4.